The van der Waals surface area contributed by atoms with Gasteiger partial charge in [0.2, 0.25) is 0 Å². The number of amides is 2. The lowest BCUT2D eigenvalue weighted by molar-refractivity contribution is -0.144. The fraction of sp³-hybridized carbons (Fsp3) is 0.346. The van der Waals surface area contributed by atoms with Crippen molar-refractivity contribution < 1.29 is 23.9 Å². The van der Waals surface area contributed by atoms with E-state index in [1.54, 1.807) is 25.3 Å². The van der Waals surface area contributed by atoms with Gasteiger partial charge in [-0.15, -0.1) is 6.58 Å². The van der Waals surface area contributed by atoms with Crippen LogP contribution in [0.3, 0.4) is 0 Å². The summed E-state index contributed by atoms with van der Waals surface area (Å²) < 4.78 is 10.9. The van der Waals surface area contributed by atoms with E-state index in [1.807, 2.05) is 24.3 Å². The molecule has 2 aromatic rings. The third-order valence-electron chi connectivity index (χ3n) is 5.55. The predicted octanol–water partition coefficient (Wildman–Crippen LogP) is 4.54. The Morgan fingerprint density at radius 1 is 1.03 bits per heavy atom. The number of allylic oxidation sites excluding steroid dienone is 1. The van der Waals surface area contributed by atoms with Gasteiger partial charge in [-0.2, -0.15) is 0 Å². The molecule has 0 bridgehead atoms. The second-order valence-electron chi connectivity index (χ2n) is 7.85. The zero-order valence-corrected chi connectivity index (χ0v) is 18.4. The van der Waals surface area contributed by atoms with Crippen LogP contribution in [0.4, 0.5) is 0 Å². The van der Waals surface area contributed by atoms with Crippen molar-refractivity contribution in [2.75, 3.05) is 7.11 Å². The molecule has 0 fully saturated rings. The molecule has 0 spiro atoms. The van der Waals surface area contributed by atoms with E-state index in [9.17, 15) is 14.4 Å². The SMILES string of the molecule is C=CCCCCCCc1ccc(COC(=O)Cc2cccc3c2C(=O)NC3=O)c(OC)c1. The molecular formula is C26H29NO5. The molecule has 168 valence electrons. The van der Waals surface area contributed by atoms with Gasteiger partial charge in [-0.1, -0.05) is 43.2 Å². The number of esters is 1. The molecule has 6 nitrogen and oxygen atoms in total. The number of benzene rings is 2. The van der Waals surface area contributed by atoms with E-state index in [4.69, 9.17) is 9.47 Å². The van der Waals surface area contributed by atoms with E-state index in [0.29, 0.717) is 16.9 Å². The Morgan fingerprint density at radius 2 is 1.84 bits per heavy atom. The smallest absolute Gasteiger partial charge is 0.310 e. The normalized spacial score (nSPS) is 12.3. The number of aryl methyl sites for hydroxylation is 1. The Kier molecular flexibility index (Phi) is 8.20. The van der Waals surface area contributed by atoms with Crippen molar-refractivity contribution in [1.82, 2.24) is 5.32 Å². The number of hydrogen-bond donors (Lipinski definition) is 1. The number of carbonyl (C=O) groups excluding carboxylic acids is 3. The van der Waals surface area contributed by atoms with Crippen molar-refractivity contribution in [3.05, 3.63) is 76.9 Å². The number of hydrogen-bond acceptors (Lipinski definition) is 5. The van der Waals surface area contributed by atoms with Gasteiger partial charge >= 0.3 is 5.97 Å². The maximum absolute atomic E-state index is 12.4. The Morgan fingerprint density at radius 3 is 2.62 bits per heavy atom. The van der Waals surface area contributed by atoms with Crippen molar-refractivity contribution in [1.29, 1.82) is 0 Å². The van der Waals surface area contributed by atoms with Crippen molar-refractivity contribution in [2.45, 2.75) is 51.6 Å². The second kappa shape index (κ2) is 11.3. The van der Waals surface area contributed by atoms with Crippen LogP contribution in [-0.2, 0) is 29.0 Å². The molecule has 0 radical (unpaired) electrons. The summed E-state index contributed by atoms with van der Waals surface area (Å²) in [4.78, 5) is 36.2. The summed E-state index contributed by atoms with van der Waals surface area (Å²) in [6, 6.07) is 10.8. The Labute approximate surface area is 188 Å². The van der Waals surface area contributed by atoms with Crippen LogP contribution < -0.4 is 10.1 Å². The summed E-state index contributed by atoms with van der Waals surface area (Å²) in [5.74, 6) is -0.711. The molecule has 0 aliphatic carbocycles. The Balaban J connectivity index is 1.54. The van der Waals surface area contributed by atoms with Crippen LogP contribution in [0.25, 0.3) is 0 Å². The lowest BCUT2D eigenvalue weighted by Gasteiger charge is -2.12. The number of nitrogens with one attached hydrogen (secondary N) is 1. The highest BCUT2D eigenvalue weighted by Crippen LogP contribution is 2.24. The number of carbonyl (C=O) groups is 3. The molecule has 0 atom stereocenters. The molecule has 2 amide bonds. The molecule has 0 aromatic heterocycles. The molecule has 1 aliphatic heterocycles. The highest BCUT2D eigenvalue weighted by molar-refractivity contribution is 6.22. The summed E-state index contributed by atoms with van der Waals surface area (Å²) in [6.07, 6.45) is 8.61. The number of fused-ring (bicyclic) bond motifs is 1. The molecule has 3 rings (SSSR count). The van der Waals surface area contributed by atoms with E-state index < -0.39 is 17.8 Å². The molecule has 0 saturated carbocycles. The second-order valence-corrected chi connectivity index (χ2v) is 7.85. The molecule has 32 heavy (non-hydrogen) atoms. The van der Waals surface area contributed by atoms with Gasteiger partial charge in [0, 0.05) is 5.56 Å². The average molecular weight is 436 g/mol. The maximum atomic E-state index is 12.4. The van der Waals surface area contributed by atoms with Gasteiger partial charge in [0.25, 0.3) is 11.8 Å². The van der Waals surface area contributed by atoms with Crippen LogP contribution >= 0.6 is 0 Å². The Bertz CT molecular complexity index is 1010. The third kappa shape index (κ3) is 5.84. The summed E-state index contributed by atoms with van der Waals surface area (Å²) in [6.45, 7) is 3.82. The minimum absolute atomic E-state index is 0.0734. The van der Waals surface area contributed by atoms with E-state index >= 15 is 0 Å². The molecule has 6 heteroatoms. The molecule has 1 aliphatic rings. The summed E-state index contributed by atoms with van der Waals surface area (Å²) >= 11 is 0. The van der Waals surface area contributed by atoms with Crippen molar-refractivity contribution in [3.8, 4) is 5.75 Å². The van der Waals surface area contributed by atoms with Gasteiger partial charge < -0.3 is 9.47 Å². The summed E-state index contributed by atoms with van der Waals surface area (Å²) in [5.41, 5.74) is 2.99. The van der Waals surface area contributed by atoms with Gasteiger partial charge in [-0.3, -0.25) is 19.7 Å². The number of unbranched alkanes of at least 4 members (excludes halogenated alkanes) is 4. The van der Waals surface area contributed by atoms with Crippen LogP contribution in [0, 0.1) is 0 Å². The fourth-order valence-corrected chi connectivity index (χ4v) is 3.84. The number of ether oxygens (including phenoxy) is 2. The van der Waals surface area contributed by atoms with Gasteiger partial charge in [-0.25, -0.2) is 0 Å². The lowest BCUT2D eigenvalue weighted by Crippen LogP contribution is -2.20. The topological polar surface area (TPSA) is 81.7 Å². The lowest BCUT2D eigenvalue weighted by atomic mass is 10.0. The van der Waals surface area contributed by atoms with E-state index in [0.717, 1.165) is 24.8 Å². The summed E-state index contributed by atoms with van der Waals surface area (Å²) in [5, 5.41) is 2.25. The monoisotopic (exact) mass is 435 g/mol. The van der Waals surface area contributed by atoms with E-state index in [2.05, 4.69) is 11.9 Å². The van der Waals surface area contributed by atoms with Crippen LogP contribution in [0.15, 0.2) is 49.1 Å². The van der Waals surface area contributed by atoms with Gasteiger partial charge in [0.05, 0.1) is 24.7 Å². The van der Waals surface area contributed by atoms with Crippen LogP contribution in [0.5, 0.6) is 5.75 Å². The third-order valence-corrected chi connectivity index (χ3v) is 5.55. The van der Waals surface area contributed by atoms with Gasteiger partial charge in [0.15, 0.2) is 0 Å². The largest absolute Gasteiger partial charge is 0.496 e. The van der Waals surface area contributed by atoms with Gasteiger partial charge in [-0.05, 0) is 48.9 Å². The van der Waals surface area contributed by atoms with E-state index in [-0.39, 0.29) is 18.6 Å². The predicted molar refractivity (Wildman–Crippen MR) is 122 cm³/mol. The van der Waals surface area contributed by atoms with Crippen molar-refractivity contribution in [2.24, 2.45) is 0 Å². The molecule has 1 N–H and O–H groups in total. The summed E-state index contributed by atoms with van der Waals surface area (Å²) in [7, 11) is 1.60. The standard InChI is InChI=1S/C26H29NO5/c1-3-4-5-6-7-8-10-18-13-14-20(22(15-18)31-2)17-32-23(28)16-19-11-9-12-21-24(19)26(30)27-25(21)29/h3,9,11-15H,1,4-8,10,16-17H2,2H3,(H,27,29,30). The highest BCUT2D eigenvalue weighted by Gasteiger charge is 2.29. The molecular weight excluding hydrogens is 406 g/mol. The van der Waals surface area contributed by atoms with Crippen LogP contribution in [0.1, 0.15) is 69.5 Å². The first-order valence-electron chi connectivity index (χ1n) is 10.9. The van der Waals surface area contributed by atoms with Crippen LogP contribution in [0.2, 0.25) is 0 Å². The highest BCUT2D eigenvalue weighted by atomic mass is 16.5. The zero-order chi connectivity index (χ0) is 22.9. The van der Waals surface area contributed by atoms with Crippen molar-refractivity contribution >= 4 is 17.8 Å². The maximum Gasteiger partial charge on any atom is 0.310 e. The molecule has 0 saturated heterocycles. The molecule has 0 unspecified atom stereocenters. The number of rotatable bonds is 12. The quantitative estimate of drug-likeness (QED) is 0.229. The first kappa shape index (κ1) is 23.3. The van der Waals surface area contributed by atoms with Crippen molar-refractivity contribution in [3.63, 3.8) is 0 Å². The molecule has 1 heterocycles. The van der Waals surface area contributed by atoms with Crippen LogP contribution in [-0.4, -0.2) is 24.9 Å². The minimum atomic E-state index is -0.480. The number of methoxy groups -OCH3 is 1. The Hall–Kier alpha value is -3.41. The zero-order valence-electron chi connectivity index (χ0n) is 18.4. The fourth-order valence-electron chi connectivity index (χ4n) is 3.84. The van der Waals surface area contributed by atoms with E-state index in [1.165, 1.54) is 24.8 Å². The van der Waals surface area contributed by atoms with Gasteiger partial charge in [0.1, 0.15) is 12.4 Å². The first-order chi connectivity index (χ1) is 15.5. The number of imide groups is 1. The average Bonchev–Trinajstić information content (AvgIpc) is 3.09. The molecule has 2 aromatic carbocycles. The minimum Gasteiger partial charge on any atom is -0.496 e. The first-order valence-corrected chi connectivity index (χ1v) is 10.9.